The van der Waals surface area contributed by atoms with E-state index in [1.807, 2.05) is 11.9 Å². The first-order chi connectivity index (χ1) is 5.95. The molecular weight excluding hydrogens is 166 g/mol. The Labute approximate surface area is 77.9 Å². The molecule has 1 aromatic carbocycles. The average Bonchev–Trinajstić information content (AvgIpc) is 2.59. The third kappa shape index (κ3) is 2.02. The SMILES string of the molecule is c1ccc(CN2CCCS2)cc1. The molecule has 1 heterocycles. The maximum absolute atomic E-state index is 2.44. The summed E-state index contributed by atoms with van der Waals surface area (Å²) < 4.78 is 2.44. The van der Waals surface area contributed by atoms with E-state index in [1.54, 1.807) is 0 Å². The van der Waals surface area contributed by atoms with Crippen LogP contribution in [0.25, 0.3) is 0 Å². The predicted octanol–water partition coefficient (Wildman–Crippen LogP) is 2.54. The van der Waals surface area contributed by atoms with Gasteiger partial charge in [0.2, 0.25) is 0 Å². The first-order valence-corrected chi connectivity index (χ1v) is 5.31. The van der Waals surface area contributed by atoms with Gasteiger partial charge in [0.05, 0.1) is 0 Å². The second kappa shape index (κ2) is 3.97. The molecule has 1 aliphatic heterocycles. The summed E-state index contributed by atoms with van der Waals surface area (Å²) in [6.07, 6.45) is 1.34. The third-order valence-corrected chi connectivity index (χ3v) is 3.18. The lowest BCUT2D eigenvalue weighted by Gasteiger charge is -2.12. The Morgan fingerprint density at radius 1 is 1.25 bits per heavy atom. The summed E-state index contributed by atoms with van der Waals surface area (Å²) in [6.45, 7) is 2.35. The van der Waals surface area contributed by atoms with Crippen LogP contribution in [0.15, 0.2) is 30.3 Å². The highest BCUT2D eigenvalue weighted by atomic mass is 32.2. The van der Waals surface area contributed by atoms with Gasteiger partial charge >= 0.3 is 0 Å². The van der Waals surface area contributed by atoms with Crippen LogP contribution < -0.4 is 0 Å². The van der Waals surface area contributed by atoms with E-state index in [2.05, 4.69) is 34.6 Å². The molecule has 0 bridgehead atoms. The van der Waals surface area contributed by atoms with Crippen LogP contribution in [0.2, 0.25) is 0 Å². The molecule has 0 spiro atoms. The maximum atomic E-state index is 2.44. The summed E-state index contributed by atoms with van der Waals surface area (Å²) in [5.41, 5.74) is 1.42. The van der Waals surface area contributed by atoms with Crippen molar-refractivity contribution in [3.05, 3.63) is 35.9 Å². The minimum atomic E-state index is 1.10. The summed E-state index contributed by atoms with van der Waals surface area (Å²) in [4.78, 5) is 0. The molecule has 0 saturated carbocycles. The van der Waals surface area contributed by atoms with E-state index >= 15 is 0 Å². The lowest BCUT2D eigenvalue weighted by molar-refractivity contribution is 0.492. The highest BCUT2D eigenvalue weighted by Crippen LogP contribution is 2.22. The van der Waals surface area contributed by atoms with Gasteiger partial charge in [-0.2, -0.15) is 0 Å². The Morgan fingerprint density at radius 2 is 2.08 bits per heavy atom. The number of hydrogen-bond acceptors (Lipinski definition) is 2. The summed E-state index contributed by atoms with van der Waals surface area (Å²) in [6, 6.07) is 10.7. The van der Waals surface area contributed by atoms with Crippen molar-refractivity contribution in [3.8, 4) is 0 Å². The molecule has 2 rings (SSSR count). The molecule has 0 amide bonds. The molecule has 1 saturated heterocycles. The normalized spacial score (nSPS) is 18.3. The Kier molecular flexibility index (Phi) is 2.69. The first kappa shape index (κ1) is 8.14. The second-order valence-electron chi connectivity index (χ2n) is 3.04. The van der Waals surface area contributed by atoms with Gasteiger partial charge in [-0.25, -0.2) is 4.31 Å². The van der Waals surface area contributed by atoms with Crippen LogP contribution in [0.1, 0.15) is 12.0 Å². The van der Waals surface area contributed by atoms with Crippen molar-refractivity contribution in [2.75, 3.05) is 12.3 Å². The number of nitrogens with zero attached hydrogens (tertiary/aromatic N) is 1. The quantitative estimate of drug-likeness (QED) is 0.642. The molecule has 0 aromatic heterocycles. The second-order valence-corrected chi connectivity index (χ2v) is 4.22. The average molecular weight is 179 g/mol. The van der Waals surface area contributed by atoms with Gasteiger partial charge < -0.3 is 0 Å². The van der Waals surface area contributed by atoms with Crippen LogP contribution in [0.4, 0.5) is 0 Å². The Balaban J connectivity index is 1.94. The minimum absolute atomic E-state index is 1.10. The van der Waals surface area contributed by atoms with Gasteiger partial charge in [-0.1, -0.05) is 42.3 Å². The zero-order chi connectivity index (χ0) is 8.23. The third-order valence-electron chi connectivity index (χ3n) is 2.03. The van der Waals surface area contributed by atoms with E-state index < -0.39 is 0 Å². The smallest absolute Gasteiger partial charge is 0.0340 e. The molecule has 0 aliphatic carbocycles. The van der Waals surface area contributed by atoms with Crippen LogP contribution in [0.3, 0.4) is 0 Å². The van der Waals surface area contributed by atoms with Crippen LogP contribution in [-0.2, 0) is 6.54 Å². The fourth-order valence-corrected chi connectivity index (χ4v) is 2.43. The van der Waals surface area contributed by atoms with Crippen molar-refractivity contribution >= 4 is 11.9 Å². The topological polar surface area (TPSA) is 3.24 Å². The zero-order valence-electron chi connectivity index (χ0n) is 7.07. The van der Waals surface area contributed by atoms with Crippen molar-refractivity contribution < 1.29 is 0 Å². The Bertz CT molecular complexity index is 229. The molecule has 1 aromatic rings. The number of benzene rings is 1. The summed E-state index contributed by atoms with van der Waals surface area (Å²) in [7, 11) is 0. The molecule has 1 aliphatic rings. The first-order valence-electron chi connectivity index (χ1n) is 4.37. The summed E-state index contributed by atoms with van der Waals surface area (Å²) in [5.74, 6) is 1.30. The monoisotopic (exact) mass is 179 g/mol. The van der Waals surface area contributed by atoms with Crippen LogP contribution in [0, 0.1) is 0 Å². The van der Waals surface area contributed by atoms with Crippen molar-refractivity contribution in [1.29, 1.82) is 0 Å². The van der Waals surface area contributed by atoms with Gasteiger partial charge in [0.1, 0.15) is 0 Å². The molecule has 12 heavy (non-hydrogen) atoms. The molecule has 2 heteroatoms. The lowest BCUT2D eigenvalue weighted by Crippen LogP contribution is -2.10. The van der Waals surface area contributed by atoms with Crippen molar-refractivity contribution in [2.24, 2.45) is 0 Å². The zero-order valence-corrected chi connectivity index (χ0v) is 7.89. The number of hydrogen-bond donors (Lipinski definition) is 0. The molecule has 64 valence electrons. The molecule has 0 unspecified atom stereocenters. The van der Waals surface area contributed by atoms with Gasteiger partial charge in [0.15, 0.2) is 0 Å². The van der Waals surface area contributed by atoms with Gasteiger partial charge in [0, 0.05) is 18.8 Å². The van der Waals surface area contributed by atoms with Crippen LogP contribution in [-0.4, -0.2) is 16.6 Å². The Morgan fingerprint density at radius 3 is 2.75 bits per heavy atom. The predicted molar refractivity (Wildman–Crippen MR) is 53.9 cm³/mol. The van der Waals surface area contributed by atoms with Gasteiger partial charge in [-0.05, 0) is 12.0 Å². The highest BCUT2D eigenvalue weighted by Gasteiger charge is 2.11. The van der Waals surface area contributed by atoms with Gasteiger partial charge in [-0.3, -0.25) is 0 Å². The molecular formula is C10H13NS. The van der Waals surface area contributed by atoms with E-state index in [-0.39, 0.29) is 0 Å². The number of rotatable bonds is 2. The largest absolute Gasteiger partial charge is 0.246 e. The molecule has 0 N–H and O–H groups in total. The highest BCUT2D eigenvalue weighted by molar-refractivity contribution is 7.97. The van der Waals surface area contributed by atoms with Crippen LogP contribution >= 0.6 is 11.9 Å². The van der Waals surface area contributed by atoms with Crippen molar-refractivity contribution in [2.45, 2.75) is 13.0 Å². The van der Waals surface area contributed by atoms with E-state index in [0.29, 0.717) is 0 Å². The minimum Gasteiger partial charge on any atom is -0.246 e. The van der Waals surface area contributed by atoms with Crippen molar-refractivity contribution in [3.63, 3.8) is 0 Å². The fourth-order valence-electron chi connectivity index (χ4n) is 1.41. The van der Waals surface area contributed by atoms with Gasteiger partial charge in [-0.15, -0.1) is 0 Å². The van der Waals surface area contributed by atoms with E-state index in [4.69, 9.17) is 0 Å². The standard InChI is InChI=1S/C10H13NS/c1-2-5-10(6-3-1)9-11-7-4-8-12-11/h1-3,5-6H,4,7-9H2. The van der Waals surface area contributed by atoms with E-state index in [0.717, 1.165) is 6.54 Å². The fraction of sp³-hybridized carbons (Fsp3) is 0.400. The molecule has 1 fully saturated rings. The molecule has 0 radical (unpaired) electrons. The summed E-state index contributed by atoms with van der Waals surface area (Å²) in [5, 5.41) is 0. The maximum Gasteiger partial charge on any atom is 0.0340 e. The van der Waals surface area contributed by atoms with Crippen LogP contribution in [0.5, 0.6) is 0 Å². The van der Waals surface area contributed by atoms with Gasteiger partial charge in [0.25, 0.3) is 0 Å². The van der Waals surface area contributed by atoms with E-state index in [1.165, 1.54) is 24.3 Å². The molecule has 1 nitrogen and oxygen atoms in total. The summed E-state index contributed by atoms with van der Waals surface area (Å²) >= 11 is 1.97. The van der Waals surface area contributed by atoms with E-state index in [9.17, 15) is 0 Å². The molecule has 0 atom stereocenters. The lowest BCUT2D eigenvalue weighted by atomic mass is 10.2. The Hall–Kier alpha value is -0.470. The van der Waals surface area contributed by atoms with Crippen molar-refractivity contribution in [1.82, 2.24) is 4.31 Å².